The van der Waals surface area contributed by atoms with Gasteiger partial charge in [-0.25, -0.2) is 4.98 Å². The molecule has 0 aliphatic carbocycles. The molecule has 0 spiro atoms. The molecule has 2 heterocycles. The number of ether oxygens (including phenoxy) is 1. The van der Waals surface area contributed by atoms with E-state index in [0.717, 1.165) is 25.3 Å². The molecule has 17 heavy (non-hydrogen) atoms. The Kier molecular flexibility index (Phi) is 3.91. The third-order valence-electron chi connectivity index (χ3n) is 2.84. The smallest absolute Gasteiger partial charge is 0.126 e. The molecule has 2 rings (SSSR count). The molecule has 5 heteroatoms. The van der Waals surface area contributed by atoms with Gasteiger partial charge in [-0.1, -0.05) is 18.3 Å². The highest BCUT2D eigenvalue weighted by Gasteiger charge is 2.19. The Hall–Kier alpha value is -1.20. The summed E-state index contributed by atoms with van der Waals surface area (Å²) in [4.78, 5) is 4.70. The van der Waals surface area contributed by atoms with Crippen LogP contribution in [0.25, 0.3) is 0 Å². The number of hydrogen-bond acceptors (Lipinski definition) is 4. The average Bonchev–Trinajstić information content (AvgIpc) is 2.29. The van der Waals surface area contributed by atoms with Crippen LogP contribution in [0, 0.1) is 0 Å². The largest absolute Gasteiger partial charge is 0.388 e. The van der Waals surface area contributed by atoms with E-state index in [4.69, 9.17) is 22.7 Å². The Morgan fingerprint density at radius 1 is 1.59 bits per heavy atom. The maximum atomic E-state index is 5.56. The van der Waals surface area contributed by atoms with Crippen molar-refractivity contribution in [3.8, 4) is 0 Å². The first kappa shape index (κ1) is 12.3. The molecule has 1 saturated heterocycles. The Bertz CT molecular complexity index is 410. The maximum absolute atomic E-state index is 5.56. The van der Waals surface area contributed by atoms with Crippen molar-refractivity contribution in [3.05, 3.63) is 23.9 Å². The van der Waals surface area contributed by atoms with Gasteiger partial charge >= 0.3 is 0 Å². The maximum Gasteiger partial charge on any atom is 0.126 e. The number of nitrogens with two attached hydrogens (primary N) is 1. The molecule has 0 saturated carbocycles. The van der Waals surface area contributed by atoms with Crippen LogP contribution in [-0.2, 0) is 4.74 Å². The lowest BCUT2D eigenvalue weighted by Gasteiger charge is -2.28. The third-order valence-corrected chi connectivity index (χ3v) is 3.05. The minimum atomic E-state index is 0.306. The van der Waals surface area contributed by atoms with Gasteiger partial charge in [-0.2, -0.15) is 0 Å². The van der Waals surface area contributed by atoms with Crippen LogP contribution in [0.3, 0.4) is 0 Å². The molecule has 0 aromatic carbocycles. The van der Waals surface area contributed by atoms with Crippen molar-refractivity contribution in [2.75, 3.05) is 11.9 Å². The Labute approximate surface area is 107 Å². The average molecular weight is 251 g/mol. The van der Waals surface area contributed by atoms with Gasteiger partial charge in [-0.15, -0.1) is 0 Å². The summed E-state index contributed by atoms with van der Waals surface area (Å²) in [6, 6.07) is 6.07. The van der Waals surface area contributed by atoms with Gasteiger partial charge in [-0.05, 0) is 31.9 Å². The van der Waals surface area contributed by atoms with Gasteiger partial charge in [0.1, 0.15) is 10.8 Å². The number of nitrogens with one attached hydrogen (secondary N) is 1. The van der Waals surface area contributed by atoms with Crippen molar-refractivity contribution in [3.63, 3.8) is 0 Å². The molecular formula is C12H17N3OS. The fraction of sp³-hybridized carbons (Fsp3) is 0.500. The molecule has 1 aromatic rings. The van der Waals surface area contributed by atoms with E-state index in [1.165, 1.54) is 0 Å². The number of thiocarbonyl (C=S) groups is 1. The molecule has 92 valence electrons. The molecule has 1 aliphatic rings. The molecule has 1 fully saturated rings. The minimum Gasteiger partial charge on any atom is -0.388 e. The summed E-state index contributed by atoms with van der Waals surface area (Å²) in [5, 5.41) is 3.40. The van der Waals surface area contributed by atoms with Crippen LogP contribution in [-0.4, -0.2) is 28.7 Å². The van der Waals surface area contributed by atoms with Crippen LogP contribution in [0.15, 0.2) is 18.2 Å². The van der Waals surface area contributed by atoms with E-state index >= 15 is 0 Å². The first-order valence-corrected chi connectivity index (χ1v) is 6.21. The summed E-state index contributed by atoms with van der Waals surface area (Å²) < 4.78 is 5.51. The van der Waals surface area contributed by atoms with Crippen molar-refractivity contribution in [2.24, 2.45) is 5.73 Å². The normalized spacial score (nSPS) is 24.3. The van der Waals surface area contributed by atoms with Crippen LogP contribution in [0.5, 0.6) is 0 Å². The number of pyridine rings is 1. The highest BCUT2D eigenvalue weighted by Crippen LogP contribution is 2.17. The zero-order chi connectivity index (χ0) is 12.3. The van der Waals surface area contributed by atoms with Crippen molar-refractivity contribution < 1.29 is 4.74 Å². The van der Waals surface area contributed by atoms with Crippen LogP contribution in [0.4, 0.5) is 5.82 Å². The van der Waals surface area contributed by atoms with Crippen LogP contribution in [0.2, 0.25) is 0 Å². The summed E-state index contributed by atoms with van der Waals surface area (Å²) in [7, 11) is 0. The SMILES string of the molecule is CC1CC(Nc2cccc(C(N)=S)n2)CCO1. The van der Waals surface area contributed by atoms with Crippen LogP contribution in [0.1, 0.15) is 25.5 Å². The quantitative estimate of drug-likeness (QED) is 0.801. The van der Waals surface area contributed by atoms with Crippen LogP contribution >= 0.6 is 12.2 Å². The summed E-state index contributed by atoms with van der Waals surface area (Å²) in [5.74, 6) is 0.828. The Morgan fingerprint density at radius 3 is 3.12 bits per heavy atom. The summed E-state index contributed by atoms with van der Waals surface area (Å²) in [6.45, 7) is 2.89. The lowest BCUT2D eigenvalue weighted by atomic mass is 10.0. The van der Waals surface area contributed by atoms with E-state index in [0.29, 0.717) is 22.8 Å². The van der Waals surface area contributed by atoms with Crippen molar-refractivity contribution >= 4 is 23.0 Å². The first-order valence-electron chi connectivity index (χ1n) is 5.80. The standard InChI is InChI=1S/C12H17N3OS/c1-8-7-9(5-6-16-8)14-11-4-2-3-10(15-11)12(13)17/h2-4,8-9H,5-7H2,1H3,(H2,13,17)(H,14,15). The monoisotopic (exact) mass is 251 g/mol. The number of aromatic nitrogens is 1. The highest BCUT2D eigenvalue weighted by atomic mass is 32.1. The summed E-state index contributed by atoms with van der Waals surface area (Å²) in [5.41, 5.74) is 6.22. The molecule has 1 aromatic heterocycles. The lowest BCUT2D eigenvalue weighted by molar-refractivity contribution is 0.0232. The van der Waals surface area contributed by atoms with E-state index in [1.807, 2.05) is 18.2 Å². The van der Waals surface area contributed by atoms with Gasteiger partial charge in [-0.3, -0.25) is 0 Å². The number of nitrogens with zero attached hydrogens (tertiary/aromatic N) is 1. The van der Waals surface area contributed by atoms with Gasteiger partial charge in [0.25, 0.3) is 0 Å². The first-order chi connectivity index (χ1) is 8.15. The van der Waals surface area contributed by atoms with Gasteiger partial charge in [0, 0.05) is 12.6 Å². The zero-order valence-corrected chi connectivity index (χ0v) is 10.7. The van der Waals surface area contributed by atoms with Crippen LogP contribution < -0.4 is 11.1 Å². The lowest BCUT2D eigenvalue weighted by Crippen LogP contribution is -2.32. The zero-order valence-electron chi connectivity index (χ0n) is 9.85. The van der Waals surface area contributed by atoms with E-state index in [1.54, 1.807) is 0 Å². The number of hydrogen-bond donors (Lipinski definition) is 2. The van der Waals surface area contributed by atoms with Gasteiger partial charge in [0.15, 0.2) is 0 Å². The fourth-order valence-electron chi connectivity index (χ4n) is 1.99. The molecule has 4 nitrogen and oxygen atoms in total. The molecule has 0 bridgehead atoms. The molecule has 2 unspecified atom stereocenters. The van der Waals surface area contributed by atoms with E-state index in [2.05, 4.69) is 17.2 Å². The van der Waals surface area contributed by atoms with Crippen molar-refractivity contribution in [2.45, 2.75) is 31.9 Å². The summed E-state index contributed by atoms with van der Waals surface area (Å²) >= 11 is 4.91. The van der Waals surface area contributed by atoms with Crippen molar-refractivity contribution in [1.82, 2.24) is 4.98 Å². The molecule has 2 atom stereocenters. The number of rotatable bonds is 3. The number of anilines is 1. The molecule has 0 amide bonds. The Balaban J connectivity index is 2.02. The predicted octanol–water partition coefficient (Wildman–Crippen LogP) is 1.70. The second-order valence-corrected chi connectivity index (χ2v) is 4.76. The van der Waals surface area contributed by atoms with Gasteiger partial charge < -0.3 is 15.8 Å². The van der Waals surface area contributed by atoms with E-state index < -0.39 is 0 Å². The van der Waals surface area contributed by atoms with Crippen molar-refractivity contribution in [1.29, 1.82) is 0 Å². The molecule has 1 aliphatic heterocycles. The molecule has 0 radical (unpaired) electrons. The second-order valence-electron chi connectivity index (χ2n) is 4.32. The summed E-state index contributed by atoms with van der Waals surface area (Å²) in [6.07, 6.45) is 2.31. The van der Waals surface area contributed by atoms with E-state index in [9.17, 15) is 0 Å². The third kappa shape index (κ3) is 3.38. The molecular weight excluding hydrogens is 234 g/mol. The minimum absolute atomic E-state index is 0.306. The van der Waals surface area contributed by atoms with Gasteiger partial charge in [0.2, 0.25) is 0 Å². The molecule has 3 N–H and O–H groups in total. The second kappa shape index (κ2) is 5.42. The fourth-order valence-corrected chi connectivity index (χ4v) is 2.10. The van der Waals surface area contributed by atoms with Gasteiger partial charge in [0.05, 0.1) is 11.8 Å². The van der Waals surface area contributed by atoms with E-state index in [-0.39, 0.29) is 0 Å². The predicted molar refractivity (Wildman–Crippen MR) is 72.2 cm³/mol. The Morgan fingerprint density at radius 2 is 2.41 bits per heavy atom. The topological polar surface area (TPSA) is 60.2 Å². The highest BCUT2D eigenvalue weighted by molar-refractivity contribution is 7.80.